The van der Waals surface area contributed by atoms with E-state index >= 15 is 0 Å². The third-order valence-electron chi connectivity index (χ3n) is 2.63. The Hall–Kier alpha value is -2.84. The molecule has 0 unspecified atom stereocenters. The van der Waals surface area contributed by atoms with Crippen molar-refractivity contribution in [3.8, 4) is 5.75 Å². The lowest BCUT2D eigenvalue weighted by Crippen LogP contribution is -2.17. The van der Waals surface area contributed by atoms with Crippen molar-refractivity contribution in [3.05, 3.63) is 42.2 Å². The number of hydrogen-bond donors (Lipinski definition) is 1. The molecular weight excluding hydrogens is 315 g/mol. The Labute approximate surface area is 128 Å². The fraction of sp³-hybridized carbons (Fsp3) is 0.214. The van der Waals surface area contributed by atoms with E-state index in [1.807, 2.05) is 0 Å². The Morgan fingerprint density at radius 2 is 1.87 bits per heavy atom. The molecule has 6 nitrogen and oxygen atoms in total. The van der Waals surface area contributed by atoms with Crippen LogP contribution in [-0.2, 0) is 22.3 Å². The van der Waals surface area contributed by atoms with Crippen molar-refractivity contribution in [2.45, 2.75) is 19.6 Å². The van der Waals surface area contributed by atoms with Gasteiger partial charge in [-0.25, -0.2) is 4.79 Å². The highest BCUT2D eigenvalue weighted by Gasteiger charge is 2.33. The van der Waals surface area contributed by atoms with Crippen LogP contribution in [0.4, 0.5) is 18.9 Å². The summed E-state index contributed by atoms with van der Waals surface area (Å²) in [4.78, 5) is 22.5. The van der Waals surface area contributed by atoms with Gasteiger partial charge in [0.2, 0.25) is 5.91 Å². The maximum atomic E-state index is 12.4. The van der Waals surface area contributed by atoms with Gasteiger partial charge >= 0.3 is 12.1 Å². The molecule has 0 saturated heterocycles. The van der Waals surface area contributed by atoms with Crippen LogP contribution in [0.25, 0.3) is 0 Å². The van der Waals surface area contributed by atoms with Crippen molar-refractivity contribution >= 4 is 17.6 Å². The van der Waals surface area contributed by atoms with Crippen LogP contribution in [0.15, 0.2) is 36.5 Å². The first kappa shape index (κ1) is 16.5. The molecule has 122 valence electrons. The van der Waals surface area contributed by atoms with Crippen LogP contribution in [0.5, 0.6) is 5.75 Å². The van der Waals surface area contributed by atoms with Crippen molar-refractivity contribution in [2.75, 3.05) is 5.32 Å². The summed E-state index contributed by atoms with van der Waals surface area (Å²) < 4.78 is 43.0. The molecule has 0 aliphatic heterocycles. The first-order valence-corrected chi connectivity index (χ1v) is 6.43. The highest BCUT2D eigenvalue weighted by Crippen LogP contribution is 2.27. The number of amides is 1. The molecule has 0 radical (unpaired) electrons. The Balaban J connectivity index is 1.94. The largest absolute Gasteiger partial charge is 0.435 e. The summed E-state index contributed by atoms with van der Waals surface area (Å²) in [6.45, 7) is 0.900. The lowest BCUT2D eigenvalue weighted by atomic mass is 10.3. The molecule has 0 atom stereocenters. The Bertz CT molecular complexity index is 708. The molecule has 1 N–H and O–H groups in total. The van der Waals surface area contributed by atoms with E-state index in [0.717, 1.165) is 16.9 Å². The van der Waals surface area contributed by atoms with E-state index in [-0.39, 0.29) is 11.7 Å². The molecule has 1 aromatic carbocycles. The maximum absolute atomic E-state index is 12.4. The summed E-state index contributed by atoms with van der Waals surface area (Å²) in [5.41, 5.74) is -0.552. The monoisotopic (exact) mass is 327 g/mol. The second-order valence-electron chi connectivity index (χ2n) is 4.58. The predicted octanol–water partition coefficient (Wildman–Crippen LogP) is 2.47. The van der Waals surface area contributed by atoms with Crippen molar-refractivity contribution in [2.24, 2.45) is 0 Å². The van der Waals surface area contributed by atoms with Gasteiger partial charge in [-0.2, -0.15) is 18.3 Å². The number of hydrogen-bond acceptors (Lipinski definition) is 4. The van der Waals surface area contributed by atoms with E-state index in [9.17, 15) is 22.8 Å². The molecule has 0 aliphatic carbocycles. The molecule has 0 fully saturated rings. The van der Waals surface area contributed by atoms with E-state index in [0.29, 0.717) is 5.69 Å². The van der Waals surface area contributed by atoms with Crippen molar-refractivity contribution < 1.29 is 27.5 Å². The molecule has 2 rings (SSSR count). The minimum absolute atomic E-state index is 0.201. The topological polar surface area (TPSA) is 73.2 Å². The zero-order chi connectivity index (χ0) is 17.0. The number of esters is 1. The number of alkyl halides is 3. The Kier molecular flexibility index (Phi) is 4.68. The number of nitrogens with zero attached hydrogens (tertiary/aromatic N) is 2. The number of halogens is 3. The number of rotatable bonds is 4. The van der Waals surface area contributed by atoms with Crippen LogP contribution in [0.3, 0.4) is 0 Å². The number of nitrogens with one attached hydrogen (secondary N) is 1. The first-order chi connectivity index (χ1) is 10.7. The molecule has 1 amide bonds. The second-order valence-corrected chi connectivity index (χ2v) is 4.58. The van der Waals surface area contributed by atoms with Gasteiger partial charge in [-0.3, -0.25) is 9.48 Å². The summed E-state index contributed by atoms with van der Waals surface area (Å²) in [6, 6.07) is 6.73. The van der Waals surface area contributed by atoms with Crippen molar-refractivity contribution in [1.82, 2.24) is 9.78 Å². The predicted molar refractivity (Wildman–Crippen MR) is 73.6 cm³/mol. The molecule has 2 aromatic rings. The van der Waals surface area contributed by atoms with Gasteiger partial charge in [0.1, 0.15) is 12.3 Å². The van der Waals surface area contributed by atoms with E-state index in [2.05, 4.69) is 10.4 Å². The highest BCUT2D eigenvalue weighted by atomic mass is 19.4. The molecule has 23 heavy (non-hydrogen) atoms. The van der Waals surface area contributed by atoms with Gasteiger partial charge in [0.05, 0.1) is 0 Å². The van der Waals surface area contributed by atoms with E-state index in [4.69, 9.17) is 4.74 Å². The molecule has 1 heterocycles. The van der Waals surface area contributed by atoms with Crippen LogP contribution in [0.1, 0.15) is 12.6 Å². The van der Waals surface area contributed by atoms with Gasteiger partial charge in [-0.15, -0.1) is 0 Å². The van der Waals surface area contributed by atoms with E-state index < -0.39 is 24.4 Å². The number of benzene rings is 1. The summed E-state index contributed by atoms with van der Waals surface area (Å²) in [5, 5.41) is 5.80. The van der Waals surface area contributed by atoms with E-state index in [1.54, 1.807) is 0 Å². The summed E-state index contributed by atoms with van der Waals surface area (Å²) in [5.74, 6) is -0.810. The van der Waals surface area contributed by atoms with Crippen LogP contribution < -0.4 is 10.1 Å². The minimum atomic E-state index is -4.56. The molecular formula is C14H12F3N3O3. The standard InChI is InChI=1S/C14H12F3N3O3/c1-9(21)18-10-2-4-11(5-3-10)23-13(22)8-20-7-6-12(19-20)14(15,16)17/h2-7H,8H2,1H3,(H,18,21). The van der Waals surface area contributed by atoms with Gasteiger partial charge in [-0.1, -0.05) is 0 Å². The zero-order valence-corrected chi connectivity index (χ0v) is 11.9. The zero-order valence-electron chi connectivity index (χ0n) is 11.9. The molecule has 0 saturated carbocycles. The van der Waals surface area contributed by atoms with Gasteiger partial charge in [-0.05, 0) is 30.3 Å². The van der Waals surface area contributed by atoms with Crippen LogP contribution >= 0.6 is 0 Å². The van der Waals surface area contributed by atoms with Crippen LogP contribution in [0, 0.1) is 0 Å². The lowest BCUT2D eigenvalue weighted by Gasteiger charge is -2.06. The third-order valence-corrected chi connectivity index (χ3v) is 2.63. The number of carbonyl (C=O) groups is 2. The van der Waals surface area contributed by atoms with Gasteiger partial charge in [0, 0.05) is 18.8 Å². The van der Waals surface area contributed by atoms with Gasteiger partial charge in [0.25, 0.3) is 0 Å². The Morgan fingerprint density at radius 3 is 2.39 bits per heavy atom. The average Bonchev–Trinajstić information content (AvgIpc) is 2.89. The number of anilines is 1. The summed E-state index contributed by atoms with van der Waals surface area (Å²) in [6.07, 6.45) is -3.52. The number of ether oxygens (including phenoxy) is 1. The summed E-state index contributed by atoms with van der Waals surface area (Å²) >= 11 is 0. The molecule has 0 spiro atoms. The molecule has 1 aromatic heterocycles. The van der Waals surface area contributed by atoms with Gasteiger partial charge in [0.15, 0.2) is 5.69 Å². The maximum Gasteiger partial charge on any atom is 0.435 e. The lowest BCUT2D eigenvalue weighted by molar-refractivity contribution is -0.142. The van der Waals surface area contributed by atoms with Gasteiger partial charge < -0.3 is 10.1 Å². The molecule has 9 heteroatoms. The van der Waals surface area contributed by atoms with Crippen LogP contribution in [-0.4, -0.2) is 21.7 Å². The quantitative estimate of drug-likeness (QED) is 0.691. The second kappa shape index (κ2) is 6.51. The fourth-order valence-corrected chi connectivity index (χ4v) is 1.71. The van der Waals surface area contributed by atoms with Crippen molar-refractivity contribution in [3.63, 3.8) is 0 Å². The fourth-order valence-electron chi connectivity index (χ4n) is 1.71. The number of carbonyl (C=O) groups excluding carboxylic acids is 2. The SMILES string of the molecule is CC(=O)Nc1ccc(OC(=O)Cn2ccc(C(F)(F)F)n2)cc1. The first-order valence-electron chi connectivity index (χ1n) is 6.43. The normalized spacial score (nSPS) is 11.1. The third kappa shape index (κ3) is 4.83. The average molecular weight is 327 g/mol. The molecule has 0 aliphatic rings. The minimum Gasteiger partial charge on any atom is -0.425 e. The summed E-state index contributed by atoms with van der Waals surface area (Å²) in [7, 11) is 0. The molecule has 0 bridgehead atoms. The van der Waals surface area contributed by atoms with Crippen LogP contribution in [0.2, 0.25) is 0 Å². The smallest absolute Gasteiger partial charge is 0.425 e. The Morgan fingerprint density at radius 1 is 1.22 bits per heavy atom. The number of aromatic nitrogens is 2. The highest BCUT2D eigenvalue weighted by molar-refractivity contribution is 5.88. The van der Waals surface area contributed by atoms with E-state index in [1.165, 1.54) is 31.2 Å². The van der Waals surface area contributed by atoms with Crippen molar-refractivity contribution in [1.29, 1.82) is 0 Å².